The van der Waals surface area contributed by atoms with Crippen molar-refractivity contribution in [3.63, 3.8) is 0 Å². The lowest BCUT2D eigenvalue weighted by Crippen LogP contribution is -2.78. The molecule has 0 aromatic carbocycles. The van der Waals surface area contributed by atoms with E-state index in [4.69, 9.17) is 28.4 Å². The Morgan fingerprint density at radius 2 is 1.74 bits per heavy atom. The van der Waals surface area contributed by atoms with Crippen molar-refractivity contribution in [1.29, 1.82) is 0 Å². The lowest BCUT2D eigenvalue weighted by Gasteiger charge is -2.70. The van der Waals surface area contributed by atoms with E-state index in [1.54, 1.807) is 19.9 Å². The van der Waals surface area contributed by atoms with Crippen LogP contribution >= 0.6 is 0 Å². The van der Waals surface area contributed by atoms with Crippen LogP contribution in [0.3, 0.4) is 0 Å². The molecule has 0 aromatic heterocycles. The number of allylic oxidation sites excluding steroid dienone is 1. The molecular formula is C29H40O10. The molecule has 10 nitrogen and oxygen atoms in total. The summed E-state index contributed by atoms with van der Waals surface area (Å²) in [6.45, 7) is 10.8. The zero-order chi connectivity index (χ0) is 28.4. The van der Waals surface area contributed by atoms with E-state index < -0.39 is 57.7 Å². The Kier molecular flexibility index (Phi) is 6.69. The summed E-state index contributed by atoms with van der Waals surface area (Å²) in [6, 6.07) is 0. The molecule has 3 saturated heterocycles. The third-order valence-electron chi connectivity index (χ3n) is 10.5. The number of fused-ring (bicyclic) bond motifs is 4. The van der Waals surface area contributed by atoms with E-state index in [-0.39, 0.29) is 37.9 Å². The van der Waals surface area contributed by atoms with Gasteiger partial charge in [0.2, 0.25) is 0 Å². The summed E-state index contributed by atoms with van der Waals surface area (Å²) in [4.78, 5) is 50.2. The van der Waals surface area contributed by atoms with Gasteiger partial charge >= 0.3 is 23.9 Å². The summed E-state index contributed by atoms with van der Waals surface area (Å²) in [5, 5.41) is 0. The second kappa shape index (κ2) is 9.29. The number of cyclic esters (lactones) is 1. The molecule has 0 N–H and O–H groups in total. The van der Waals surface area contributed by atoms with Gasteiger partial charge in [0.05, 0.1) is 24.0 Å². The monoisotopic (exact) mass is 548 g/mol. The number of esters is 4. The van der Waals surface area contributed by atoms with Gasteiger partial charge in [-0.1, -0.05) is 19.4 Å². The summed E-state index contributed by atoms with van der Waals surface area (Å²) in [6.07, 6.45) is 3.22. The normalized spacial score (nSPS) is 44.7. The second-order valence-corrected chi connectivity index (χ2v) is 12.6. The zero-order valence-corrected chi connectivity index (χ0v) is 23.8. The minimum atomic E-state index is -0.980. The van der Waals surface area contributed by atoms with Gasteiger partial charge in [-0.15, -0.1) is 0 Å². The average molecular weight is 549 g/mol. The van der Waals surface area contributed by atoms with E-state index >= 15 is 0 Å². The zero-order valence-electron chi connectivity index (χ0n) is 23.8. The average Bonchev–Trinajstić information content (AvgIpc) is 3.54. The standard InChI is InChI=1S/C29H40O10/c1-7-17(2)24(33)38-22-11-25(5)26(6,21(37-19(4)31)12-27(39-25)13-23(32)35-14-27)20-9-8-10-28(15-36-28)29(20,22)16-34-18(3)30/h7,20-22H,8-16H2,1-6H3/b17-7+/t20-,21+,22+,25+,26+,27+,28+,29+/m1/s1. The van der Waals surface area contributed by atoms with Gasteiger partial charge in [-0.3, -0.25) is 14.4 Å². The minimum Gasteiger partial charge on any atom is -0.465 e. The summed E-state index contributed by atoms with van der Waals surface area (Å²) in [5.41, 5.74) is -3.80. The van der Waals surface area contributed by atoms with Gasteiger partial charge in [-0.2, -0.15) is 0 Å². The Morgan fingerprint density at radius 1 is 1.03 bits per heavy atom. The van der Waals surface area contributed by atoms with Crippen LogP contribution in [0.5, 0.6) is 0 Å². The highest BCUT2D eigenvalue weighted by Gasteiger charge is 2.81. The molecule has 0 radical (unpaired) electrons. The first kappa shape index (κ1) is 28.1. The quantitative estimate of drug-likeness (QED) is 0.219. The van der Waals surface area contributed by atoms with Crippen LogP contribution < -0.4 is 0 Å². The van der Waals surface area contributed by atoms with Crippen LogP contribution in [0.25, 0.3) is 0 Å². The first-order chi connectivity index (χ1) is 18.3. The van der Waals surface area contributed by atoms with Crippen molar-refractivity contribution in [3.8, 4) is 0 Å². The first-order valence-corrected chi connectivity index (χ1v) is 13.9. The SMILES string of the molecule is C/C=C(\C)C(=O)O[C@H]1C[C@]2(C)O[C@@]3(COC(=O)C3)C[C@H](OC(C)=O)[C@]2(C)[C@H]2CCC[C@]3(CO3)[C@]12COC(C)=O. The van der Waals surface area contributed by atoms with Crippen LogP contribution in [0.4, 0.5) is 0 Å². The van der Waals surface area contributed by atoms with E-state index in [0.717, 1.165) is 12.8 Å². The molecule has 5 fully saturated rings. The van der Waals surface area contributed by atoms with E-state index in [0.29, 0.717) is 25.0 Å². The first-order valence-electron chi connectivity index (χ1n) is 13.9. The van der Waals surface area contributed by atoms with E-state index in [2.05, 4.69) is 6.92 Å². The number of carbonyl (C=O) groups excluding carboxylic acids is 4. The molecule has 0 bridgehead atoms. The van der Waals surface area contributed by atoms with Crippen LogP contribution in [-0.4, -0.2) is 72.7 Å². The van der Waals surface area contributed by atoms with Crippen molar-refractivity contribution in [3.05, 3.63) is 11.6 Å². The van der Waals surface area contributed by atoms with Gasteiger partial charge in [0, 0.05) is 37.7 Å². The molecule has 3 heterocycles. The Labute approximate surface area is 229 Å². The molecule has 3 aliphatic heterocycles. The van der Waals surface area contributed by atoms with Crippen molar-refractivity contribution in [1.82, 2.24) is 0 Å². The van der Waals surface area contributed by atoms with Gasteiger partial charge < -0.3 is 28.4 Å². The number of carbonyl (C=O) groups is 4. The van der Waals surface area contributed by atoms with Crippen molar-refractivity contribution < 1.29 is 47.6 Å². The molecule has 8 atom stereocenters. The maximum atomic E-state index is 13.3. The van der Waals surface area contributed by atoms with Crippen LogP contribution in [0.1, 0.15) is 80.1 Å². The molecule has 0 unspecified atom stereocenters. The smallest absolute Gasteiger partial charge is 0.333 e. The number of rotatable bonds is 5. The largest absolute Gasteiger partial charge is 0.465 e. The van der Waals surface area contributed by atoms with Gasteiger partial charge in [0.25, 0.3) is 0 Å². The number of hydrogen-bond acceptors (Lipinski definition) is 10. The van der Waals surface area contributed by atoms with Crippen LogP contribution in [-0.2, 0) is 47.6 Å². The molecule has 0 amide bonds. The molecule has 39 heavy (non-hydrogen) atoms. The predicted octanol–water partition coefficient (Wildman–Crippen LogP) is 3.19. The van der Waals surface area contributed by atoms with Crippen LogP contribution in [0.2, 0.25) is 0 Å². The van der Waals surface area contributed by atoms with Gasteiger partial charge in [0.15, 0.2) is 0 Å². The summed E-state index contributed by atoms with van der Waals surface area (Å²) >= 11 is 0. The van der Waals surface area contributed by atoms with Crippen molar-refractivity contribution >= 4 is 23.9 Å². The number of epoxide rings is 1. The third kappa shape index (κ3) is 4.12. The maximum absolute atomic E-state index is 13.3. The lowest BCUT2D eigenvalue weighted by molar-refractivity contribution is -0.350. The fourth-order valence-corrected chi connectivity index (χ4v) is 8.33. The highest BCUT2D eigenvalue weighted by Crippen LogP contribution is 2.72. The van der Waals surface area contributed by atoms with Gasteiger partial charge in [0.1, 0.15) is 36.6 Å². The molecule has 5 rings (SSSR count). The van der Waals surface area contributed by atoms with Crippen molar-refractivity contribution in [2.24, 2.45) is 16.7 Å². The Bertz CT molecular complexity index is 1110. The predicted molar refractivity (Wildman–Crippen MR) is 135 cm³/mol. The van der Waals surface area contributed by atoms with Crippen molar-refractivity contribution in [2.75, 3.05) is 19.8 Å². The molecule has 2 aliphatic carbocycles. The molecule has 0 aromatic rings. The van der Waals surface area contributed by atoms with Gasteiger partial charge in [-0.05, 0) is 39.5 Å². The summed E-state index contributed by atoms with van der Waals surface area (Å²) < 4.78 is 36.6. The second-order valence-electron chi connectivity index (χ2n) is 12.6. The molecule has 216 valence electrons. The minimum absolute atomic E-state index is 0.00499. The highest BCUT2D eigenvalue weighted by atomic mass is 16.6. The molecule has 10 heteroatoms. The number of ether oxygens (including phenoxy) is 6. The fraction of sp³-hybridized carbons (Fsp3) is 0.793. The fourth-order valence-electron chi connectivity index (χ4n) is 8.33. The molecule has 2 saturated carbocycles. The Balaban J connectivity index is 1.68. The third-order valence-corrected chi connectivity index (χ3v) is 10.5. The van der Waals surface area contributed by atoms with Crippen LogP contribution in [0.15, 0.2) is 11.6 Å². The Hall–Kier alpha value is -2.46. The maximum Gasteiger partial charge on any atom is 0.333 e. The molecule has 2 spiro atoms. The van der Waals surface area contributed by atoms with E-state index in [1.807, 2.05) is 6.92 Å². The Morgan fingerprint density at radius 3 is 2.31 bits per heavy atom. The van der Waals surface area contributed by atoms with Crippen molar-refractivity contribution in [2.45, 2.75) is 109 Å². The number of hydrogen-bond donors (Lipinski definition) is 0. The highest BCUT2D eigenvalue weighted by molar-refractivity contribution is 5.87. The van der Waals surface area contributed by atoms with E-state index in [9.17, 15) is 19.2 Å². The topological polar surface area (TPSA) is 127 Å². The molecular weight excluding hydrogens is 508 g/mol. The van der Waals surface area contributed by atoms with Crippen LogP contribution in [0, 0.1) is 16.7 Å². The summed E-state index contributed by atoms with van der Waals surface area (Å²) in [7, 11) is 0. The summed E-state index contributed by atoms with van der Waals surface area (Å²) in [5.74, 6) is -1.95. The van der Waals surface area contributed by atoms with Gasteiger partial charge in [-0.25, -0.2) is 4.79 Å². The lowest BCUT2D eigenvalue weighted by atomic mass is 9.40. The van der Waals surface area contributed by atoms with E-state index in [1.165, 1.54) is 13.8 Å². The molecule has 5 aliphatic rings.